The topological polar surface area (TPSA) is 105 Å². The number of nitriles is 1. The summed E-state index contributed by atoms with van der Waals surface area (Å²) in [7, 11) is 0. The first kappa shape index (κ1) is 24.2. The molecule has 0 aliphatic carbocycles. The fraction of sp³-hybridized carbons (Fsp3) is 0.280. The van der Waals surface area contributed by atoms with Crippen LogP contribution in [0.25, 0.3) is 0 Å². The van der Waals surface area contributed by atoms with E-state index in [1.54, 1.807) is 26.0 Å². The van der Waals surface area contributed by atoms with Gasteiger partial charge in [0.15, 0.2) is 0 Å². The van der Waals surface area contributed by atoms with Crippen molar-refractivity contribution in [3.05, 3.63) is 98.4 Å². The van der Waals surface area contributed by atoms with E-state index in [2.05, 4.69) is 27.3 Å². The van der Waals surface area contributed by atoms with Crippen LogP contribution in [0.5, 0.6) is 0 Å². The van der Waals surface area contributed by atoms with Crippen molar-refractivity contribution in [1.82, 2.24) is 5.32 Å². The van der Waals surface area contributed by atoms with Crippen molar-refractivity contribution in [3.8, 4) is 6.07 Å². The summed E-state index contributed by atoms with van der Waals surface area (Å²) in [6.07, 6.45) is 1.20. The minimum absolute atomic E-state index is 0.0642. The molecule has 7 nitrogen and oxygen atoms in total. The molecule has 1 heterocycles. The number of allylic oxidation sites excluding steroid dienone is 3. The van der Waals surface area contributed by atoms with Gasteiger partial charge in [-0.25, -0.2) is 4.79 Å². The van der Waals surface area contributed by atoms with E-state index in [-0.39, 0.29) is 17.1 Å². The van der Waals surface area contributed by atoms with Crippen LogP contribution in [0, 0.1) is 21.4 Å². The Morgan fingerprint density at radius 3 is 2.64 bits per heavy atom. The van der Waals surface area contributed by atoms with Crippen LogP contribution in [0.1, 0.15) is 48.6 Å². The number of ether oxygens (including phenoxy) is 1. The van der Waals surface area contributed by atoms with Crippen LogP contribution in [0.4, 0.5) is 5.69 Å². The number of benzene rings is 2. The number of non-ortho nitro benzene ring substituents is 1. The molecule has 170 valence electrons. The molecule has 0 amide bonds. The Morgan fingerprint density at radius 1 is 1.27 bits per heavy atom. The van der Waals surface area contributed by atoms with Crippen molar-refractivity contribution in [1.29, 1.82) is 5.26 Å². The van der Waals surface area contributed by atoms with Crippen molar-refractivity contribution in [2.75, 3.05) is 6.61 Å². The normalized spacial score (nSPS) is 16.6. The lowest BCUT2D eigenvalue weighted by molar-refractivity contribution is -0.384. The van der Waals surface area contributed by atoms with Crippen LogP contribution in [0.3, 0.4) is 0 Å². The predicted octanol–water partition coefficient (Wildman–Crippen LogP) is 5.81. The number of dihydropyridines is 1. The van der Waals surface area contributed by atoms with E-state index in [0.29, 0.717) is 40.9 Å². The van der Waals surface area contributed by atoms with E-state index >= 15 is 0 Å². The van der Waals surface area contributed by atoms with Crippen LogP contribution in [-0.2, 0) is 9.53 Å². The summed E-state index contributed by atoms with van der Waals surface area (Å²) in [5.74, 6) is -1.29. The number of rotatable bonds is 8. The summed E-state index contributed by atoms with van der Waals surface area (Å²) in [4.78, 5) is 24.0. The van der Waals surface area contributed by atoms with E-state index in [4.69, 9.17) is 4.74 Å². The van der Waals surface area contributed by atoms with E-state index in [1.165, 1.54) is 12.1 Å². The maximum atomic E-state index is 13.1. The van der Waals surface area contributed by atoms with Crippen molar-refractivity contribution >= 4 is 27.6 Å². The Labute approximate surface area is 201 Å². The monoisotopic (exact) mass is 509 g/mol. The molecule has 0 aromatic heterocycles. The molecule has 1 aliphatic rings. The molecule has 2 atom stereocenters. The highest BCUT2D eigenvalue weighted by Crippen LogP contribution is 2.41. The molecule has 33 heavy (non-hydrogen) atoms. The van der Waals surface area contributed by atoms with Crippen LogP contribution in [-0.4, -0.2) is 17.5 Å². The first-order valence-corrected chi connectivity index (χ1v) is 11.5. The Hall–Kier alpha value is -3.44. The lowest BCUT2D eigenvalue weighted by Crippen LogP contribution is -2.30. The van der Waals surface area contributed by atoms with Gasteiger partial charge in [0.25, 0.3) is 5.69 Å². The van der Waals surface area contributed by atoms with Gasteiger partial charge in [-0.05, 0) is 37.8 Å². The van der Waals surface area contributed by atoms with Crippen LogP contribution in [0.15, 0.2) is 77.1 Å². The third-order valence-corrected chi connectivity index (χ3v) is 6.47. The lowest BCUT2D eigenvalue weighted by atomic mass is 9.80. The molecular formula is C25H24BrN3O4. The molecule has 8 heteroatoms. The van der Waals surface area contributed by atoms with Gasteiger partial charge in [0.1, 0.15) is 0 Å². The summed E-state index contributed by atoms with van der Waals surface area (Å²) in [5.41, 5.74) is 3.43. The van der Waals surface area contributed by atoms with Gasteiger partial charge in [-0.1, -0.05) is 58.4 Å². The van der Waals surface area contributed by atoms with E-state index in [9.17, 15) is 20.2 Å². The molecule has 0 saturated heterocycles. The Kier molecular flexibility index (Phi) is 8.01. The molecule has 0 spiro atoms. The van der Waals surface area contributed by atoms with Crippen molar-refractivity contribution < 1.29 is 14.5 Å². The summed E-state index contributed by atoms with van der Waals surface area (Å²) in [6.45, 7) is 3.66. The zero-order chi connectivity index (χ0) is 24.0. The van der Waals surface area contributed by atoms with E-state index < -0.39 is 16.8 Å². The second-order valence-electron chi connectivity index (χ2n) is 7.59. The van der Waals surface area contributed by atoms with Gasteiger partial charge >= 0.3 is 5.97 Å². The molecule has 0 fully saturated rings. The van der Waals surface area contributed by atoms with Gasteiger partial charge in [0, 0.05) is 28.4 Å². The van der Waals surface area contributed by atoms with Crippen LogP contribution >= 0.6 is 15.9 Å². The summed E-state index contributed by atoms with van der Waals surface area (Å²) in [5, 5.41) is 24.5. The molecule has 1 N–H and O–H groups in total. The Morgan fingerprint density at radius 2 is 2.00 bits per heavy atom. The molecule has 2 aromatic rings. The van der Waals surface area contributed by atoms with E-state index in [1.807, 2.05) is 30.3 Å². The number of halogens is 1. The Balaban J connectivity index is 2.06. The number of nitro benzene ring substituents is 1. The predicted molar refractivity (Wildman–Crippen MR) is 128 cm³/mol. The summed E-state index contributed by atoms with van der Waals surface area (Å²) < 4.78 is 5.35. The van der Waals surface area contributed by atoms with Crippen molar-refractivity contribution in [3.63, 3.8) is 0 Å². The highest BCUT2D eigenvalue weighted by Gasteiger charge is 2.36. The number of carbonyl (C=O) groups is 1. The quantitative estimate of drug-likeness (QED) is 0.208. The van der Waals surface area contributed by atoms with Gasteiger partial charge in [0.2, 0.25) is 0 Å². The third-order valence-electron chi connectivity index (χ3n) is 5.48. The SMILES string of the molecule is CCOC(=O)C1=C(CCC(Br)c2ccccc2)NC(C)=C(C#N)C1c1cccc([N+](=O)[O-])c1. The number of hydrogen-bond acceptors (Lipinski definition) is 6. The highest BCUT2D eigenvalue weighted by molar-refractivity contribution is 9.09. The Bertz CT molecular complexity index is 1150. The van der Waals surface area contributed by atoms with Gasteiger partial charge < -0.3 is 10.1 Å². The number of carbonyl (C=O) groups excluding carboxylic acids is 1. The molecule has 1 aliphatic heterocycles. The molecular weight excluding hydrogens is 486 g/mol. The molecule has 0 radical (unpaired) electrons. The number of hydrogen-bond donors (Lipinski definition) is 1. The van der Waals surface area contributed by atoms with Crippen molar-refractivity contribution in [2.45, 2.75) is 37.4 Å². The summed E-state index contributed by atoms with van der Waals surface area (Å²) in [6, 6.07) is 18.2. The zero-order valence-electron chi connectivity index (χ0n) is 18.4. The smallest absolute Gasteiger partial charge is 0.336 e. The number of alkyl halides is 1. The second kappa shape index (κ2) is 10.9. The minimum Gasteiger partial charge on any atom is -0.463 e. The van der Waals surface area contributed by atoms with E-state index in [0.717, 1.165) is 5.56 Å². The summed E-state index contributed by atoms with van der Waals surface area (Å²) >= 11 is 3.72. The molecule has 3 rings (SSSR count). The maximum Gasteiger partial charge on any atom is 0.336 e. The largest absolute Gasteiger partial charge is 0.463 e. The number of esters is 1. The van der Waals surface area contributed by atoms with Gasteiger partial charge in [-0.15, -0.1) is 0 Å². The lowest BCUT2D eigenvalue weighted by Gasteiger charge is -2.30. The average molecular weight is 510 g/mol. The molecule has 0 saturated carbocycles. The fourth-order valence-electron chi connectivity index (χ4n) is 3.94. The molecule has 2 aromatic carbocycles. The average Bonchev–Trinajstić information content (AvgIpc) is 2.82. The zero-order valence-corrected chi connectivity index (χ0v) is 20.0. The van der Waals surface area contributed by atoms with Gasteiger partial charge in [-0.3, -0.25) is 10.1 Å². The number of nitrogens with zero attached hydrogens (tertiary/aromatic N) is 2. The maximum absolute atomic E-state index is 13.1. The minimum atomic E-state index is -0.754. The van der Waals surface area contributed by atoms with Gasteiger partial charge in [0.05, 0.1) is 34.7 Å². The number of nitro groups is 1. The fourth-order valence-corrected chi connectivity index (χ4v) is 4.48. The van der Waals surface area contributed by atoms with Crippen molar-refractivity contribution in [2.24, 2.45) is 0 Å². The first-order valence-electron chi connectivity index (χ1n) is 10.6. The van der Waals surface area contributed by atoms with Crippen LogP contribution < -0.4 is 5.32 Å². The second-order valence-corrected chi connectivity index (χ2v) is 8.70. The number of nitrogens with one attached hydrogen (secondary N) is 1. The third kappa shape index (κ3) is 5.49. The molecule has 2 unspecified atom stereocenters. The highest BCUT2D eigenvalue weighted by atomic mass is 79.9. The molecule has 0 bridgehead atoms. The first-order chi connectivity index (χ1) is 15.9. The standard InChI is InChI=1S/C25H24BrN3O4/c1-3-33-25(30)24-22(13-12-21(26)17-8-5-4-6-9-17)28-16(2)20(15-27)23(24)18-10-7-11-19(14-18)29(31)32/h4-11,14,21,23,28H,3,12-13H2,1-2H3. The van der Waals surface area contributed by atoms with Crippen LogP contribution in [0.2, 0.25) is 0 Å². The van der Waals surface area contributed by atoms with Gasteiger partial charge in [-0.2, -0.15) is 5.26 Å².